The Morgan fingerprint density at radius 3 is 2.59 bits per heavy atom. The van der Waals surface area contributed by atoms with E-state index in [0.29, 0.717) is 5.69 Å². The molecule has 0 radical (unpaired) electrons. The highest BCUT2D eigenvalue weighted by molar-refractivity contribution is 6.30. The van der Waals surface area contributed by atoms with Crippen LogP contribution in [0.3, 0.4) is 0 Å². The second kappa shape index (κ2) is 9.68. The molecular weight excluding hydrogens is 375 g/mol. The summed E-state index contributed by atoms with van der Waals surface area (Å²) in [6.07, 6.45) is 0.749. The zero-order valence-electron chi connectivity index (χ0n) is 14.6. The first kappa shape index (κ1) is 20.4. The molecule has 0 saturated heterocycles. The summed E-state index contributed by atoms with van der Waals surface area (Å²) in [5.74, 6) is -2.94. The van der Waals surface area contributed by atoms with E-state index in [-0.39, 0.29) is 17.1 Å². The quantitative estimate of drug-likeness (QED) is 0.709. The number of para-hydroxylation sites is 1. The highest BCUT2D eigenvalue weighted by Gasteiger charge is 2.16. The number of anilines is 1. The van der Waals surface area contributed by atoms with Gasteiger partial charge in [-0.1, -0.05) is 36.7 Å². The van der Waals surface area contributed by atoms with Gasteiger partial charge in [-0.15, -0.1) is 0 Å². The van der Waals surface area contributed by atoms with Gasteiger partial charge in [-0.2, -0.15) is 0 Å². The van der Waals surface area contributed by atoms with Crippen molar-refractivity contribution in [2.75, 3.05) is 18.5 Å². The minimum Gasteiger partial charge on any atom is -0.452 e. The van der Waals surface area contributed by atoms with Crippen LogP contribution in [0, 0.1) is 5.82 Å². The van der Waals surface area contributed by atoms with E-state index in [4.69, 9.17) is 16.3 Å². The number of aryl methyl sites for hydroxylation is 1. The Bertz CT molecular complexity index is 857. The van der Waals surface area contributed by atoms with E-state index in [1.807, 2.05) is 19.1 Å². The van der Waals surface area contributed by atoms with Crippen molar-refractivity contribution in [3.63, 3.8) is 0 Å². The number of rotatable bonds is 7. The predicted molar refractivity (Wildman–Crippen MR) is 99.2 cm³/mol. The zero-order valence-corrected chi connectivity index (χ0v) is 15.3. The van der Waals surface area contributed by atoms with Crippen molar-refractivity contribution in [2.45, 2.75) is 13.3 Å². The molecule has 0 saturated carbocycles. The number of hydrogen-bond acceptors (Lipinski definition) is 4. The van der Waals surface area contributed by atoms with Crippen molar-refractivity contribution >= 4 is 35.1 Å². The Labute approximate surface area is 160 Å². The summed E-state index contributed by atoms with van der Waals surface area (Å²) in [6, 6.07) is 10.7. The Balaban J connectivity index is 1.79. The SMILES string of the molecule is CCc1ccccc1NC(=O)CNC(=O)COC(=O)c1cc(Cl)ccc1F. The van der Waals surface area contributed by atoms with Gasteiger partial charge in [0.2, 0.25) is 5.91 Å². The van der Waals surface area contributed by atoms with E-state index in [2.05, 4.69) is 10.6 Å². The minimum absolute atomic E-state index is 0.164. The Morgan fingerprint density at radius 2 is 1.85 bits per heavy atom. The smallest absolute Gasteiger partial charge is 0.341 e. The lowest BCUT2D eigenvalue weighted by molar-refractivity contribution is -0.126. The third-order valence-electron chi connectivity index (χ3n) is 3.60. The fourth-order valence-electron chi connectivity index (χ4n) is 2.24. The van der Waals surface area contributed by atoms with Crippen LogP contribution in [0.1, 0.15) is 22.8 Å². The maximum Gasteiger partial charge on any atom is 0.341 e. The number of carbonyl (C=O) groups excluding carboxylic acids is 3. The fourth-order valence-corrected chi connectivity index (χ4v) is 2.41. The maximum absolute atomic E-state index is 13.6. The second-order valence-electron chi connectivity index (χ2n) is 5.54. The molecule has 6 nitrogen and oxygen atoms in total. The molecule has 0 heterocycles. The molecule has 0 aliphatic carbocycles. The van der Waals surface area contributed by atoms with Crippen molar-refractivity contribution in [1.82, 2.24) is 5.32 Å². The van der Waals surface area contributed by atoms with E-state index in [1.165, 1.54) is 6.07 Å². The molecule has 2 aromatic rings. The Morgan fingerprint density at radius 1 is 1.11 bits per heavy atom. The average molecular weight is 393 g/mol. The highest BCUT2D eigenvalue weighted by atomic mass is 35.5. The summed E-state index contributed by atoms with van der Waals surface area (Å²) >= 11 is 5.70. The predicted octanol–water partition coefficient (Wildman–Crippen LogP) is 2.95. The lowest BCUT2D eigenvalue weighted by Crippen LogP contribution is -2.35. The molecule has 2 rings (SSSR count). The van der Waals surface area contributed by atoms with Gasteiger partial charge in [-0.05, 0) is 36.2 Å². The number of carbonyl (C=O) groups is 3. The minimum atomic E-state index is -1.02. The van der Waals surface area contributed by atoms with Gasteiger partial charge < -0.3 is 15.4 Å². The summed E-state index contributed by atoms with van der Waals surface area (Å²) < 4.78 is 18.3. The normalized spacial score (nSPS) is 10.2. The molecule has 0 unspecified atom stereocenters. The molecule has 0 aliphatic rings. The molecule has 0 fully saturated rings. The molecule has 0 atom stereocenters. The first-order valence-electron chi connectivity index (χ1n) is 8.17. The van der Waals surface area contributed by atoms with Crippen LogP contribution >= 0.6 is 11.6 Å². The monoisotopic (exact) mass is 392 g/mol. The van der Waals surface area contributed by atoms with Gasteiger partial charge in [-0.3, -0.25) is 9.59 Å². The summed E-state index contributed by atoms with van der Waals surface area (Å²) in [7, 11) is 0. The molecule has 2 amide bonds. The van der Waals surface area contributed by atoms with E-state index in [1.54, 1.807) is 12.1 Å². The molecule has 8 heteroatoms. The van der Waals surface area contributed by atoms with Crippen LogP contribution in [0.5, 0.6) is 0 Å². The third-order valence-corrected chi connectivity index (χ3v) is 3.84. The van der Waals surface area contributed by atoms with Crippen LogP contribution < -0.4 is 10.6 Å². The Hall–Kier alpha value is -2.93. The average Bonchev–Trinajstić information content (AvgIpc) is 2.66. The summed E-state index contributed by atoms with van der Waals surface area (Å²) in [6.45, 7) is 1.02. The summed E-state index contributed by atoms with van der Waals surface area (Å²) in [4.78, 5) is 35.4. The lowest BCUT2D eigenvalue weighted by Gasteiger charge is -2.10. The van der Waals surface area contributed by atoms with Crippen LogP contribution in [0.15, 0.2) is 42.5 Å². The van der Waals surface area contributed by atoms with Gasteiger partial charge in [0.25, 0.3) is 5.91 Å². The molecule has 142 valence electrons. The maximum atomic E-state index is 13.6. The number of halogens is 2. The van der Waals surface area contributed by atoms with Gasteiger partial charge in [-0.25, -0.2) is 9.18 Å². The molecule has 0 bridgehead atoms. The first-order valence-corrected chi connectivity index (χ1v) is 8.55. The fraction of sp³-hybridized carbons (Fsp3) is 0.211. The lowest BCUT2D eigenvalue weighted by atomic mass is 10.1. The van der Waals surface area contributed by atoms with Crippen molar-refractivity contribution in [2.24, 2.45) is 0 Å². The van der Waals surface area contributed by atoms with E-state index >= 15 is 0 Å². The van der Waals surface area contributed by atoms with Crippen LogP contribution in [-0.4, -0.2) is 30.9 Å². The number of benzene rings is 2. The molecule has 0 spiro atoms. The third kappa shape index (κ3) is 6.07. The number of esters is 1. The number of nitrogens with one attached hydrogen (secondary N) is 2. The summed E-state index contributed by atoms with van der Waals surface area (Å²) in [5.41, 5.74) is 1.26. The van der Waals surface area contributed by atoms with Crippen molar-refractivity contribution in [3.05, 3.63) is 64.4 Å². The van der Waals surface area contributed by atoms with E-state index in [0.717, 1.165) is 24.1 Å². The molecule has 27 heavy (non-hydrogen) atoms. The first-order chi connectivity index (χ1) is 12.9. The van der Waals surface area contributed by atoms with Gasteiger partial charge in [0.05, 0.1) is 12.1 Å². The number of ether oxygens (including phenoxy) is 1. The van der Waals surface area contributed by atoms with Crippen molar-refractivity contribution < 1.29 is 23.5 Å². The van der Waals surface area contributed by atoms with E-state index < -0.39 is 30.2 Å². The van der Waals surface area contributed by atoms with Crippen molar-refractivity contribution in [1.29, 1.82) is 0 Å². The second-order valence-corrected chi connectivity index (χ2v) is 5.97. The van der Waals surface area contributed by atoms with Gasteiger partial charge in [0.1, 0.15) is 5.82 Å². The van der Waals surface area contributed by atoms with Gasteiger partial charge in [0.15, 0.2) is 6.61 Å². The molecule has 2 N–H and O–H groups in total. The van der Waals surface area contributed by atoms with Crippen LogP contribution in [0.25, 0.3) is 0 Å². The largest absolute Gasteiger partial charge is 0.452 e. The molecule has 2 aromatic carbocycles. The molecular formula is C19H18ClFN2O4. The molecule has 0 aromatic heterocycles. The van der Waals surface area contributed by atoms with Crippen LogP contribution in [-0.2, 0) is 20.7 Å². The van der Waals surface area contributed by atoms with Gasteiger partial charge >= 0.3 is 5.97 Å². The zero-order chi connectivity index (χ0) is 19.8. The number of amides is 2. The van der Waals surface area contributed by atoms with Crippen molar-refractivity contribution in [3.8, 4) is 0 Å². The van der Waals surface area contributed by atoms with Gasteiger partial charge in [0, 0.05) is 10.7 Å². The van der Waals surface area contributed by atoms with Crippen LogP contribution in [0.2, 0.25) is 5.02 Å². The number of hydrogen-bond donors (Lipinski definition) is 2. The Kier molecular flexibility index (Phi) is 7.31. The highest BCUT2D eigenvalue weighted by Crippen LogP contribution is 2.16. The van der Waals surface area contributed by atoms with Crippen LogP contribution in [0.4, 0.5) is 10.1 Å². The topological polar surface area (TPSA) is 84.5 Å². The van der Waals surface area contributed by atoms with E-state index in [9.17, 15) is 18.8 Å². The molecule has 0 aliphatic heterocycles. The summed E-state index contributed by atoms with van der Waals surface area (Å²) in [5, 5.41) is 5.18. The standard InChI is InChI=1S/C19H18ClFN2O4/c1-2-12-5-3-4-6-16(12)23-17(24)10-22-18(25)11-27-19(26)14-9-13(20)7-8-15(14)21/h3-9H,2,10-11H2,1H3,(H,22,25)(H,23,24).